The van der Waals surface area contributed by atoms with Crippen molar-refractivity contribution in [3.8, 4) is 0 Å². The van der Waals surface area contributed by atoms with Gasteiger partial charge < -0.3 is 13.6 Å². The van der Waals surface area contributed by atoms with Crippen LogP contribution in [0.25, 0.3) is 0 Å². The minimum atomic E-state index is -0.841. The third-order valence-electron chi connectivity index (χ3n) is 6.84. The van der Waals surface area contributed by atoms with Gasteiger partial charge in [0.25, 0.3) is 0 Å². The fraction of sp³-hybridized carbons (Fsp3) is 0.296. The number of aryl methyl sites for hydroxylation is 1. The lowest BCUT2D eigenvalue weighted by Crippen LogP contribution is -2.39. The monoisotopic (exact) mass is 478 g/mol. The number of Topliss-reactive ketones (excluding diaryl/α,β-unsaturated/α-hetero) is 2. The van der Waals surface area contributed by atoms with E-state index in [1.807, 2.05) is 12.1 Å². The number of ketones is 2. The van der Waals surface area contributed by atoms with Crippen molar-refractivity contribution in [3.63, 3.8) is 0 Å². The van der Waals surface area contributed by atoms with Gasteiger partial charge in [0, 0.05) is 21.6 Å². The molecule has 0 aliphatic heterocycles. The SMILES string of the molecule is Cc1oc(=O)oc1COC1=C(C2(c3ccc(Cl)cc3)CCCCC2)C(=O)c2ccccc2C1=O. The molecule has 1 fully saturated rings. The number of carbonyl (C=O) groups is 2. The first kappa shape index (κ1) is 22.4. The molecule has 0 atom stereocenters. The number of allylic oxidation sites excluding steroid dienone is 2. The van der Waals surface area contributed by atoms with Gasteiger partial charge in [-0.2, -0.15) is 0 Å². The van der Waals surface area contributed by atoms with E-state index in [9.17, 15) is 14.4 Å². The highest BCUT2D eigenvalue weighted by Gasteiger charge is 2.47. The van der Waals surface area contributed by atoms with Crippen LogP contribution < -0.4 is 5.82 Å². The summed E-state index contributed by atoms with van der Waals surface area (Å²) in [6, 6.07) is 14.3. The van der Waals surface area contributed by atoms with Gasteiger partial charge in [-0.25, -0.2) is 4.79 Å². The molecule has 7 heteroatoms. The summed E-state index contributed by atoms with van der Waals surface area (Å²) in [5, 5.41) is 0.599. The second-order valence-corrected chi connectivity index (χ2v) is 9.22. The van der Waals surface area contributed by atoms with Gasteiger partial charge in [-0.1, -0.05) is 67.3 Å². The Morgan fingerprint density at radius 3 is 2.15 bits per heavy atom. The third kappa shape index (κ3) is 3.72. The number of hydrogen-bond donors (Lipinski definition) is 0. The number of hydrogen-bond acceptors (Lipinski definition) is 6. The summed E-state index contributed by atoms with van der Waals surface area (Å²) in [6.45, 7) is 1.38. The van der Waals surface area contributed by atoms with Crippen LogP contribution in [0.3, 0.4) is 0 Å². The Kier molecular flexibility index (Phi) is 5.78. The van der Waals surface area contributed by atoms with Crippen LogP contribution in [0.2, 0.25) is 5.02 Å². The number of halogens is 1. The number of ether oxygens (including phenoxy) is 1. The maximum Gasteiger partial charge on any atom is 0.519 e. The van der Waals surface area contributed by atoms with Gasteiger partial charge in [0.2, 0.25) is 5.78 Å². The Morgan fingerprint density at radius 2 is 1.53 bits per heavy atom. The maximum absolute atomic E-state index is 14.0. The fourth-order valence-electron chi connectivity index (χ4n) is 5.18. The van der Waals surface area contributed by atoms with Crippen LogP contribution in [0.1, 0.15) is 69.9 Å². The summed E-state index contributed by atoms with van der Waals surface area (Å²) in [5.74, 6) is -0.956. The van der Waals surface area contributed by atoms with E-state index in [1.165, 1.54) is 0 Å². The molecule has 0 amide bonds. The Balaban J connectivity index is 1.70. The Morgan fingerprint density at radius 1 is 0.882 bits per heavy atom. The second kappa shape index (κ2) is 8.76. The molecule has 2 aliphatic rings. The normalized spacial score (nSPS) is 17.6. The van der Waals surface area contributed by atoms with Gasteiger partial charge in [0.15, 0.2) is 23.1 Å². The average Bonchev–Trinajstić information content (AvgIpc) is 3.18. The summed E-state index contributed by atoms with van der Waals surface area (Å²) in [7, 11) is 0. The van der Waals surface area contributed by atoms with Crippen LogP contribution in [0.5, 0.6) is 0 Å². The zero-order chi connectivity index (χ0) is 23.9. The molecular formula is C27H23ClO6. The van der Waals surface area contributed by atoms with Gasteiger partial charge in [-0.3, -0.25) is 9.59 Å². The number of fused-ring (bicyclic) bond motifs is 1. The molecule has 34 heavy (non-hydrogen) atoms. The molecule has 174 valence electrons. The van der Waals surface area contributed by atoms with E-state index < -0.39 is 11.2 Å². The third-order valence-corrected chi connectivity index (χ3v) is 7.09. The lowest BCUT2D eigenvalue weighted by molar-refractivity contribution is 0.0816. The molecule has 5 rings (SSSR count). The lowest BCUT2D eigenvalue weighted by Gasteiger charge is -2.41. The van der Waals surface area contributed by atoms with Crippen molar-refractivity contribution in [2.75, 3.05) is 0 Å². The van der Waals surface area contributed by atoms with Crippen molar-refractivity contribution >= 4 is 23.2 Å². The first-order valence-corrected chi connectivity index (χ1v) is 11.7. The van der Waals surface area contributed by atoms with E-state index >= 15 is 0 Å². The van der Waals surface area contributed by atoms with Crippen LogP contribution in [-0.4, -0.2) is 11.6 Å². The van der Waals surface area contributed by atoms with Crippen molar-refractivity contribution in [1.82, 2.24) is 0 Å². The smallest absolute Gasteiger partial charge is 0.481 e. The van der Waals surface area contributed by atoms with E-state index in [0.29, 0.717) is 34.6 Å². The van der Waals surface area contributed by atoms with E-state index in [2.05, 4.69) is 0 Å². The Bertz CT molecular complexity index is 1350. The summed E-state index contributed by atoms with van der Waals surface area (Å²) >= 11 is 6.16. The maximum atomic E-state index is 14.0. The van der Waals surface area contributed by atoms with E-state index in [-0.39, 0.29) is 35.5 Å². The molecule has 0 radical (unpaired) electrons. The predicted octanol–water partition coefficient (Wildman–Crippen LogP) is 5.95. The highest BCUT2D eigenvalue weighted by atomic mass is 35.5. The highest BCUT2D eigenvalue weighted by Crippen LogP contribution is 2.49. The first-order valence-electron chi connectivity index (χ1n) is 11.3. The molecule has 2 aliphatic carbocycles. The molecule has 1 aromatic heterocycles. The van der Waals surface area contributed by atoms with Crippen molar-refractivity contribution in [1.29, 1.82) is 0 Å². The van der Waals surface area contributed by atoms with Gasteiger partial charge in [0.05, 0.1) is 5.57 Å². The summed E-state index contributed by atoms with van der Waals surface area (Å²) in [6.07, 6.45) is 4.29. The topological polar surface area (TPSA) is 86.7 Å². The van der Waals surface area contributed by atoms with Crippen LogP contribution in [0.15, 0.2) is 73.5 Å². The van der Waals surface area contributed by atoms with Crippen molar-refractivity contribution in [2.45, 2.75) is 51.0 Å². The molecule has 2 aromatic carbocycles. The summed E-state index contributed by atoms with van der Waals surface area (Å²) in [4.78, 5) is 39.2. The molecule has 1 saturated carbocycles. The molecular weight excluding hydrogens is 456 g/mol. The lowest BCUT2D eigenvalue weighted by atomic mass is 9.61. The van der Waals surface area contributed by atoms with Crippen LogP contribution in [0, 0.1) is 6.92 Å². The molecule has 0 spiro atoms. The molecule has 0 bridgehead atoms. The quantitative estimate of drug-likeness (QED) is 0.450. The number of carbonyl (C=O) groups excluding carboxylic acids is 2. The first-order chi connectivity index (χ1) is 16.4. The van der Waals surface area contributed by atoms with Crippen molar-refractivity contribution in [3.05, 3.63) is 104 Å². The molecule has 0 unspecified atom stereocenters. The van der Waals surface area contributed by atoms with E-state index in [4.69, 9.17) is 25.2 Å². The molecule has 3 aromatic rings. The van der Waals surface area contributed by atoms with Gasteiger partial charge in [-0.05, 0) is 37.5 Å². The highest BCUT2D eigenvalue weighted by molar-refractivity contribution is 6.30. The zero-order valence-electron chi connectivity index (χ0n) is 18.7. The summed E-state index contributed by atoms with van der Waals surface area (Å²) < 4.78 is 16.0. The van der Waals surface area contributed by atoms with E-state index in [1.54, 1.807) is 43.3 Å². The standard InChI is InChI=1S/C27H23ClO6/c1-16-21(34-26(31)33-16)15-32-25-22(23(29)19-7-3-4-8-20(19)24(25)30)27(13-5-2-6-14-27)17-9-11-18(28)12-10-17/h3-4,7-12H,2,5-6,13-15H2,1H3. The molecule has 0 saturated heterocycles. The second-order valence-electron chi connectivity index (χ2n) is 8.78. The predicted molar refractivity (Wildman–Crippen MR) is 125 cm³/mol. The van der Waals surface area contributed by atoms with Crippen molar-refractivity contribution in [2.24, 2.45) is 0 Å². The minimum Gasteiger partial charge on any atom is -0.481 e. The largest absolute Gasteiger partial charge is 0.519 e. The van der Waals surface area contributed by atoms with Gasteiger partial charge in [0.1, 0.15) is 6.61 Å². The number of benzene rings is 2. The minimum absolute atomic E-state index is 0.00352. The molecule has 1 heterocycles. The van der Waals surface area contributed by atoms with Crippen LogP contribution in [0.4, 0.5) is 0 Å². The van der Waals surface area contributed by atoms with Crippen LogP contribution in [-0.2, 0) is 16.8 Å². The fourth-order valence-corrected chi connectivity index (χ4v) is 5.30. The van der Waals surface area contributed by atoms with Gasteiger partial charge >= 0.3 is 5.82 Å². The molecule has 0 N–H and O–H groups in total. The Labute approximate surface area is 201 Å². The average molecular weight is 479 g/mol. The Hall–Kier alpha value is -3.38. The van der Waals surface area contributed by atoms with E-state index in [0.717, 1.165) is 24.8 Å². The zero-order valence-corrected chi connectivity index (χ0v) is 19.4. The summed E-state index contributed by atoms with van der Waals surface area (Å²) in [5.41, 5.74) is 1.28. The van der Waals surface area contributed by atoms with Crippen molar-refractivity contribution < 1.29 is 23.2 Å². The van der Waals surface area contributed by atoms with Crippen LogP contribution >= 0.6 is 11.6 Å². The number of rotatable bonds is 5. The van der Waals surface area contributed by atoms with Gasteiger partial charge in [-0.15, -0.1) is 0 Å². The molecule has 6 nitrogen and oxygen atoms in total.